The van der Waals surface area contributed by atoms with E-state index in [1.54, 1.807) is 16.7 Å². The van der Waals surface area contributed by atoms with Gasteiger partial charge in [-0.25, -0.2) is 4.98 Å². The van der Waals surface area contributed by atoms with Crippen molar-refractivity contribution in [1.29, 1.82) is 0 Å². The zero-order valence-electron chi connectivity index (χ0n) is 17.9. The van der Waals surface area contributed by atoms with Crippen LogP contribution in [-0.4, -0.2) is 27.8 Å². The number of aromatic nitrogens is 2. The summed E-state index contributed by atoms with van der Waals surface area (Å²) >= 11 is 1.22. The lowest BCUT2D eigenvalue weighted by Gasteiger charge is -2.14. The molecule has 6 nitrogen and oxygen atoms in total. The van der Waals surface area contributed by atoms with Crippen LogP contribution in [0.3, 0.4) is 0 Å². The van der Waals surface area contributed by atoms with Gasteiger partial charge in [-0.2, -0.15) is 0 Å². The lowest BCUT2D eigenvalue weighted by atomic mass is 10.2. The Morgan fingerprint density at radius 2 is 1.75 bits per heavy atom. The van der Waals surface area contributed by atoms with Gasteiger partial charge >= 0.3 is 0 Å². The lowest BCUT2D eigenvalue weighted by molar-refractivity contribution is -0.113. The largest absolute Gasteiger partial charge is 0.494 e. The molecular formula is C25H23N3O3S. The van der Waals surface area contributed by atoms with Crippen LogP contribution in [0, 0.1) is 6.92 Å². The third-order valence-corrected chi connectivity index (χ3v) is 5.76. The molecule has 0 atom stereocenters. The molecule has 4 aromatic rings. The first-order valence-corrected chi connectivity index (χ1v) is 11.3. The number of thioether (sulfide) groups is 1. The van der Waals surface area contributed by atoms with Gasteiger partial charge in [-0.05, 0) is 62.4 Å². The predicted octanol–water partition coefficient (Wildman–Crippen LogP) is 4.82. The number of hydrogen-bond donors (Lipinski definition) is 1. The first-order valence-electron chi connectivity index (χ1n) is 10.3. The molecule has 0 spiro atoms. The minimum Gasteiger partial charge on any atom is -0.494 e. The van der Waals surface area contributed by atoms with Gasteiger partial charge in [0, 0.05) is 5.69 Å². The quantitative estimate of drug-likeness (QED) is 0.326. The molecule has 0 saturated carbocycles. The standard InChI is InChI=1S/C25H23N3O3S/c1-3-31-20-14-12-19(13-15-20)28-24(30)21-6-4-5-7-22(21)27-25(28)32-16-23(29)26-18-10-8-17(2)9-11-18/h4-15H,3,16H2,1-2H3,(H,26,29). The molecule has 1 amide bonds. The highest BCUT2D eigenvalue weighted by molar-refractivity contribution is 7.99. The van der Waals surface area contributed by atoms with Crippen LogP contribution in [0.25, 0.3) is 16.6 Å². The zero-order valence-corrected chi connectivity index (χ0v) is 18.7. The minimum absolute atomic E-state index is 0.121. The number of benzene rings is 3. The van der Waals surface area contributed by atoms with Crippen molar-refractivity contribution in [3.8, 4) is 11.4 Å². The molecule has 0 saturated heterocycles. The molecule has 0 fully saturated rings. The monoisotopic (exact) mass is 445 g/mol. The number of nitrogens with one attached hydrogen (secondary N) is 1. The van der Waals surface area contributed by atoms with Gasteiger partial charge in [-0.1, -0.05) is 41.6 Å². The van der Waals surface area contributed by atoms with Gasteiger partial charge in [0.1, 0.15) is 5.75 Å². The van der Waals surface area contributed by atoms with Gasteiger partial charge in [0.05, 0.1) is 29.0 Å². The van der Waals surface area contributed by atoms with Gasteiger partial charge in [0.2, 0.25) is 5.91 Å². The van der Waals surface area contributed by atoms with Crippen molar-refractivity contribution in [1.82, 2.24) is 9.55 Å². The molecule has 0 aliphatic rings. The molecule has 3 aromatic carbocycles. The van der Waals surface area contributed by atoms with E-state index in [1.807, 2.05) is 74.5 Å². The molecular weight excluding hydrogens is 422 g/mol. The van der Waals surface area contributed by atoms with E-state index in [-0.39, 0.29) is 17.2 Å². The maximum atomic E-state index is 13.3. The van der Waals surface area contributed by atoms with Gasteiger partial charge < -0.3 is 10.1 Å². The number of aryl methyl sites for hydroxylation is 1. The van der Waals surface area contributed by atoms with Gasteiger partial charge in [0.25, 0.3) is 5.56 Å². The number of anilines is 1. The normalized spacial score (nSPS) is 10.8. The second kappa shape index (κ2) is 9.70. The van der Waals surface area contributed by atoms with Crippen LogP contribution in [0.5, 0.6) is 5.75 Å². The van der Waals surface area contributed by atoms with Crippen molar-refractivity contribution in [2.45, 2.75) is 19.0 Å². The van der Waals surface area contributed by atoms with Crippen molar-refractivity contribution in [3.05, 3.63) is 88.7 Å². The molecule has 0 aliphatic carbocycles. The summed E-state index contributed by atoms with van der Waals surface area (Å²) in [7, 11) is 0. The summed E-state index contributed by atoms with van der Waals surface area (Å²) in [6.45, 7) is 4.48. The van der Waals surface area contributed by atoms with Crippen LogP contribution in [0.2, 0.25) is 0 Å². The van der Waals surface area contributed by atoms with Crippen molar-refractivity contribution in [3.63, 3.8) is 0 Å². The fourth-order valence-electron chi connectivity index (χ4n) is 3.26. The van der Waals surface area contributed by atoms with E-state index in [9.17, 15) is 9.59 Å². The first kappa shape index (κ1) is 21.6. The molecule has 7 heteroatoms. The Labute approximate surface area is 190 Å². The Morgan fingerprint density at radius 3 is 2.47 bits per heavy atom. The molecule has 1 N–H and O–H groups in total. The average Bonchev–Trinajstić information content (AvgIpc) is 2.80. The van der Waals surface area contributed by atoms with E-state index >= 15 is 0 Å². The maximum Gasteiger partial charge on any atom is 0.266 e. The van der Waals surface area contributed by atoms with Gasteiger partial charge in [-0.15, -0.1) is 0 Å². The highest BCUT2D eigenvalue weighted by Crippen LogP contribution is 2.23. The number of amides is 1. The van der Waals surface area contributed by atoms with Gasteiger partial charge in [0.15, 0.2) is 5.16 Å². The maximum absolute atomic E-state index is 13.3. The Bertz CT molecular complexity index is 1300. The highest BCUT2D eigenvalue weighted by atomic mass is 32.2. The molecule has 1 aromatic heterocycles. The van der Waals surface area contributed by atoms with Crippen LogP contribution in [0.4, 0.5) is 5.69 Å². The Hall–Kier alpha value is -3.58. The Kier molecular flexibility index (Phi) is 6.56. The van der Waals surface area contributed by atoms with Crippen molar-refractivity contribution >= 4 is 34.3 Å². The SMILES string of the molecule is CCOc1ccc(-n2c(SCC(=O)Nc3ccc(C)cc3)nc3ccccc3c2=O)cc1. The second-order valence-corrected chi connectivity index (χ2v) is 8.12. The fraction of sp³-hybridized carbons (Fsp3) is 0.160. The number of rotatable bonds is 7. The molecule has 1 heterocycles. The summed E-state index contributed by atoms with van der Waals surface area (Å²) in [5, 5.41) is 3.86. The average molecular weight is 446 g/mol. The second-order valence-electron chi connectivity index (χ2n) is 7.18. The number of hydrogen-bond acceptors (Lipinski definition) is 5. The molecule has 0 aliphatic heterocycles. The smallest absolute Gasteiger partial charge is 0.266 e. The van der Waals surface area contributed by atoms with E-state index in [1.165, 1.54) is 11.8 Å². The number of carbonyl (C=O) groups is 1. The molecule has 0 bridgehead atoms. The minimum atomic E-state index is -0.179. The van der Waals surface area contributed by atoms with Crippen molar-refractivity contribution < 1.29 is 9.53 Å². The van der Waals surface area contributed by atoms with Crippen LogP contribution >= 0.6 is 11.8 Å². The zero-order chi connectivity index (χ0) is 22.5. The summed E-state index contributed by atoms with van der Waals surface area (Å²) in [5.74, 6) is 0.680. The Balaban J connectivity index is 1.64. The first-order chi connectivity index (χ1) is 15.5. The molecule has 32 heavy (non-hydrogen) atoms. The van der Waals surface area contributed by atoms with Crippen molar-refractivity contribution in [2.75, 3.05) is 17.7 Å². The van der Waals surface area contributed by atoms with Crippen LogP contribution in [0.15, 0.2) is 82.7 Å². The summed E-state index contributed by atoms with van der Waals surface area (Å²) in [6.07, 6.45) is 0. The number of para-hydroxylation sites is 1. The van der Waals surface area contributed by atoms with Crippen LogP contribution in [-0.2, 0) is 4.79 Å². The molecule has 0 radical (unpaired) electrons. The lowest BCUT2D eigenvalue weighted by Crippen LogP contribution is -2.23. The number of carbonyl (C=O) groups excluding carboxylic acids is 1. The third-order valence-electron chi connectivity index (χ3n) is 4.82. The van der Waals surface area contributed by atoms with E-state index < -0.39 is 0 Å². The van der Waals surface area contributed by atoms with E-state index in [0.29, 0.717) is 28.4 Å². The summed E-state index contributed by atoms with van der Waals surface area (Å²) in [4.78, 5) is 30.5. The highest BCUT2D eigenvalue weighted by Gasteiger charge is 2.15. The number of nitrogens with zero attached hydrogens (tertiary/aromatic N) is 2. The van der Waals surface area contributed by atoms with Crippen LogP contribution < -0.4 is 15.6 Å². The summed E-state index contributed by atoms with van der Waals surface area (Å²) in [5.41, 5.74) is 2.94. The van der Waals surface area contributed by atoms with E-state index in [0.717, 1.165) is 17.0 Å². The topological polar surface area (TPSA) is 73.2 Å². The predicted molar refractivity (Wildman–Crippen MR) is 129 cm³/mol. The molecule has 162 valence electrons. The Morgan fingerprint density at radius 1 is 1.03 bits per heavy atom. The van der Waals surface area contributed by atoms with Gasteiger partial charge in [-0.3, -0.25) is 14.2 Å². The van der Waals surface area contributed by atoms with E-state index in [4.69, 9.17) is 4.74 Å². The fourth-order valence-corrected chi connectivity index (χ4v) is 4.07. The van der Waals surface area contributed by atoms with Crippen molar-refractivity contribution in [2.24, 2.45) is 0 Å². The molecule has 4 rings (SSSR count). The van der Waals surface area contributed by atoms with Crippen LogP contribution in [0.1, 0.15) is 12.5 Å². The summed E-state index contributed by atoms with van der Waals surface area (Å²) < 4.78 is 7.05. The third kappa shape index (κ3) is 4.84. The van der Waals surface area contributed by atoms with E-state index in [2.05, 4.69) is 10.3 Å². The number of ether oxygens (including phenoxy) is 1. The number of fused-ring (bicyclic) bond motifs is 1. The summed E-state index contributed by atoms with van der Waals surface area (Å²) in [6, 6.07) is 22.1. The molecule has 0 unspecified atom stereocenters.